The molecule has 4 rings (SSSR count). The molecular weight excluding hydrogens is 374 g/mol. The monoisotopic (exact) mass is 393 g/mol. The molecule has 0 radical (unpaired) electrons. The second-order valence-corrected chi connectivity index (χ2v) is 6.73. The molecule has 3 aromatic rings. The van der Waals surface area contributed by atoms with Crippen LogP contribution < -0.4 is 15.3 Å². The molecule has 0 N–H and O–H groups in total. The first-order valence-corrected chi connectivity index (χ1v) is 9.23. The number of esters is 1. The highest BCUT2D eigenvalue weighted by molar-refractivity contribution is 5.97. The summed E-state index contributed by atoms with van der Waals surface area (Å²) in [4.78, 5) is 38.0. The van der Waals surface area contributed by atoms with E-state index in [0.717, 1.165) is 6.42 Å². The summed E-state index contributed by atoms with van der Waals surface area (Å²) in [6.07, 6.45) is 1.32. The van der Waals surface area contributed by atoms with Crippen molar-refractivity contribution in [2.45, 2.75) is 19.4 Å². The van der Waals surface area contributed by atoms with E-state index in [1.54, 1.807) is 47.4 Å². The number of rotatable bonds is 5. The Labute approximate surface area is 166 Å². The van der Waals surface area contributed by atoms with Crippen molar-refractivity contribution in [3.8, 4) is 5.75 Å². The Morgan fingerprint density at radius 1 is 1.14 bits per heavy atom. The first-order valence-electron chi connectivity index (χ1n) is 9.23. The van der Waals surface area contributed by atoms with Crippen LogP contribution in [-0.4, -0.2) is 25.5 Å². The number of carbonyl (C=O) groups is 2. The Kier molecular flexibility index (Phi) is 5.03. The van der Waals surface area contributed by atoms with Gasteiger partial charge in [0.15, 0.2) is 0 Å². The second-order valence-electron chi connectivity index (χ2n) is 6.73. The maximum atomic E-state index is 12.5. The van der Waals surface area contributed by atoms with Gasteiger partial charge in [-0.25, -0.2) is 9.59 Å². The maximum Gasteiger partial charge on any atom is 0.338 e. The molecule has 148 valence electrons. The number of amides is 1. The van der Waals surface area contributed by atoms with E-state index in [1.807, 2.05) is 0 Å². The highest BCUT2D eigenvalue weighted by atomic mass is 16.5. The SMILES string of the molecule is COc1ccc2c(COC(=O)c3cccc(N4CCCC4=O)c3)cc(=O)oc2c1. The van der Waals surface area contributed by atoms with E-state index in [2.05, 4.69) is 0 Å². The van der Waals surface area contributed by atoms with Crippen LogP contribution in [0.4, 0.5) is 5.69 Å². The zero-order valence-electron chi connectivity index (χ0n) is 15.8. The van der Waals surface area contributed by atoms with Crippen molar-refractivity contribution in [1.82, 2.24) is 0 Å². The van der Waals surface area contributed by atoms with E-state index in [1.165, 1.54) is 13.2 Å². The number of benzene rings is 2. The fourth-order valence-electron chi connectivity index (χ4n) is 3.41. The molecule has 7 nitrogen and oxygen atoms in total. The largest absolute Gasteiger partial charge is 0.497 e. The topological polar surface area (TPSA) is 86.0 Å². The van der Waals surface area contributed by atoms with E-state index in [0.29, 0.717) is 46.5 Å². The molecule has 29 heavy (non-hydrogen) atoms. The fraction of sp³-hybridized carbons (Fsp3) is 0.227. The standard InChI is InChI=1S/C22H19NO6/c1-27-17-7-8-18-15(11-21(25)29-19(18)12-17)13-28-22(26)14-4-2-5-16(10-14)23-9-3-6-20(23)24/h2,4-5,7-8,10-12H,3,6,9,13H2,1H3. The first kappa shape index (κ1) is 18.7. The second kappa shape index (κ2) is 7.79. The molecule has 0 bridgehead atoms. The molecule has 1 aliphatic heterocycles. The van der Waals surface area contributed by atoms with Crippen molar-refractivity contribution in [2.24, 2.45) is 0 Å². The van der Waals surface area contributed by atoms with Crippen molar-refractivity contribution in [3.63, 3.8) is 0 Å². The van der Waals surface area contributed by atoms with Gasteiger partial charge in [0.05, 0.1) is 12.7 Å². The van der Waals surface area contributed by atoms with Crippen molar-refractivity contribution in [3.05, 3.63) is 70.1 Å². The first-order chi connectivity index (χ1) is 14.0. The van der Waals surface area contributed by atoms with Crippen molar-refractivity contribution in [1.29, 1.82) is 0 Å². The molecule has 7 heteroatoms. The summed E-state index contributed by atoms with van der Waals surface area (Å²) in [6, 6.07) is 13.2. The average Bonchev–Trinajstić information content (AvgIpc) is 3.17. The van der Waals surface area contributed by atoms with E-state index < -0.39 is 11.6 Å². The Morgan fingerprint density at radius 3 is 2.76 bits per heavy atom. The molecule has 0 unspecified atom stereocenters. The summed E-state index contributed by atoms with van der Waals surface area (Å²) >= 11 is 0. The number of methoxy groups -OCH3 is 1. The third-order valence-corrected chi connectivity index (χ3v) is 4.86. The minimum absolute atomic E-state index is 0.0495. The molecule has 1 fully saturated rings. The lowest BCUT2D eigenvalue weighted by Gasteiger charge is -2.16. The summed E-state index contributed by atoms with van der Waals surface area (Å²) in [5, 5.41) is 0.662. The van der Waals surface area contributed by atoms with Gasteiger partial charge >= 0.3 is 11.6 Å². The molecule has 2 heterocycles. The van der Waals surface area contributed by atoms with Gasteiger partial charge in [-0.2, -0.15) is 0 Å². The Bertz CT molecular complexity index is 1150. The van der Waals surface area contributed by atoms with Gasteiger partial charge < -0.3 is 18.8 Å². The minimum Gasteiger partial charge on any atom is -0.497 e. The molecule has 0 aliphatic carbocycles. The molecule has 0 atom stereocenters. The van der Waals surface area contributed by atoms with E-state index in [4.69, 9.17) is 13.9 Å². The molecule has 0 spiro atoms. The highest BCUT2D eigenvalue weighted by Crippen LogP contribution is 2.25. The number of fused-ring (bicyclic) bond motifs is 1. The quantitative estimate of drug-likeness (QED) is 0.488. The van der Waals surface area contributed by atoms with E-state index >= 15 is 0 Å². The van der Waals surface area contributed by atoms with Gasteiger partial charge in [-0.15, -0.1) is 0 Å². The van der Waals surface area contributed by atoms with Crippen molar-refractivity contribution in [2.75, 3.05) is 18.6 Å². The van der Waals surface area contributed by atoms with Gasteiger partial charge in [-0.1, -0.05) is 6.07 Å². The van der Waals surface area contributed by atoms with Crippen LogP contribution in [0, 0.1) is 0 Å². The molecule has 1 amide bonds. The fourth-order valence-corrected chi connectivity index (χ4v) is 3.41. The van der Waals surface area contributed by atoms with Gasteiger partial charge in [0, 0.05) is 41.7 Å². The minimum atomic E-state index is -0.536. The Hall–Kier alpha value is -3.61. The third-order valence-electron chi connectivity index (χ3n) is 4.86. The maximum absolute atomic E-state index is 12.5. The van der Waals surface area contributed by atoms with Crippen LogP contribution in [0.5, 0.6) is 5.75 Å². The number of hydrogen-bond acceptors (Lipinski definition) is 6. The van der Waals surface area contributed by atoms with Gasteiger partial charge in [0.1, 0.15) is 17.9 Å². The summed E-state index contributed by atoms with van der Waals surface area (Å²) < 4.78 is 15.8. The summed E-state index contributed by atoms with van der Waals surface area (Å²) in [6.45, 7) is 0.562. The van der Waals surface area contributed by atoms with Crippen molar-refractivity contribution < 1.29 is 23.5 Å². The zero-order valence-corrected chi connectivity index (χ0v) is 15.8. The number of nitrogens with zero attached hydrogens (tertiary/aromatic N) is 1. The van der Waals surface area contributed by atoms with Crippen LogP contribution in [0.3, 0.4) is 0 Å². The molecule has 2 aromatic carbocycles. The average molecular weight is 393 g/mol. The number of anilines is 1. The highest BCUT2D eigenvalue weighted by Gasteiger charge is 2.22. The van der Waals surface area contributed by atoms with Crippen LogP contribution in [0.2, 0.25) is 0 Å². The molecule has 1 saturated heterocycles. The predicted octanol–water partition coefficient (Wildman–Crippen LogP) is 3.29. The Balaban J connectivity index is 1.54. The third kappa shape index (κ3) is 3.85. The molecular formula is C22H19NO6. The molecule has 0 saturated carbocycles. The van der Waals surface area contributed by atoms with Gasteiger partial charge in [0.2, 0.25) is 5.91 Å². The van der Waals surface area contributed by atoms with Gasteiger partial charge in [-0.3, -0.25) is 4.79 Å². The number of hydrogen-bond donors (Lipinski definition) is 0. The van der Waals surface area contributed by atoms with Crippen LogP contribution in [0.15, 0.2) is 57.7 Å². The normalized spacial score (nSPS) is 13.7. The Morgan fingerprint density at radius 2 is 2.00 bits per heavy atom. The van der Waals surface area contributed by atoms with Crippen LogP contribution in [0.1, 0.15) is 28.8 Å². The molecule has 1 aromatic heterocycles. The van der Waals surface area contributed by atoms with E-state index in [9.17, 15) is 14.4 Å². The van der Waals surface area contributed by atoms with Crippen molar-refractivity contribution >= 4 is 28.5 Å². The summed E-state index contributed by atoms with van der Waals surface area (Å²) in [5.74, 6) is 0.0740. The predicted molar refractivity (Wildman–Crippen MR) is 106 cm³/mol. The lowest BCUT2D eigenvalue weighted by atomic mass is 10.1. The molecule has 1 aliphatic rings. The van der Waals surface area contributed by atoms with Crippen LogP contribution in [-0.2, 0) is 16.1 Å². The smallest absolute Gasteiger partial charge is 0.338 e. The lowest BCUT2D eigenvalue weighted by Crippen LogP contribution is -2.23. The van der Waals surface area contributed by atoms with Crippen LogP contribution >= 0.6 is 0 Å². The number of carbonyl (C=O) groups excluding carboxylic acids is 2. The number of ether oxygens (including phenoxy) is 2. The summed E-state index contributed by atoms with van der Waals surface area (Å²) in [7, 11) is 1.52. The van der Waals surface area contributed by atoms with Gasteiger partial charge in [0.25, 0.3) is 0 Å². The lowest BCUT2D eigenvalue weighted by molar-refractivity contribution is -0.117. The summed E-state index contributed by atoms with van der Waals surface area (Å²) in [5.41, 5.74) is 1.39. The van der Waals surface area contributed by atoms with E-state index in [-0.39, 0.29) is 12.5 Å². The van der Waals surface area contributed by atoms with Gasteiger partial charge in [-0.05, 0) is 36.8 Å². The van der Waals surface area contributed by atoms with Crippen LogP contribution in [0.25, 0.3) is 11.0 Å². The zero-order chi connectivity index (χ0) is 20.4.